The summed E-state index contributed by atoms with van der Waals surface area (Å²) < 4.78 is 23.8. The van der Waals surface area contributed by atoms with Crippen molar-refractivity contribution in [2.45, 2.75) is 39.1 Å². The second-order valence-electron chi connectivity index (χ2n) is 10.8. The third-order valence-corrected chi connectivity index (χ3v) is 7.64. The summed E-state index contributed by atoms with van der Waals surface area (Å²) in [6.45, 7) is 4.61. The van der Waals surface area contributed by atoms with E-state index in [2.05, 4.69) is 24.4 Å². The number of carbonyl (C=O) groups is 1. The Balaban J connectivity index is 1.35. The molecule has 0 aromatic heterocycles. The average Bonchev–Trinajstić information content (AvgIpc) is 3.06. The maximum absolute atomic E-state index is 11.7. The number of hydrogen-bond acceptors (Lipinski definition) is 8. The van der Waals surface area contributed by atoms with Gasteiger partial charge in [-0.15, -0.1) is 0 Å². The topological polar surface area (TPSA) is 130 Å². The Morgan fingerprint density at radius 3 is 2.52 bits per heavy atom. The zero-order valence-corrected chi connectivity index (χ0v) is 24.6. The molecule has 1 aliphatic rings. The number of carboxylic acid groups (broad SMARTS) is 1. The number of hydrogen-bond donors (Lipinski definition) is 3. The summed E-state index contributed by atoms with van der Waals surface area (Å²) in [6, 6.07) is 26.7. The molecule has 0 spiro atoms. The standard InChI is InChI=1S/C35H34N2O7/c1-23-28(7-4-8-30(23)26-10-12-31-33(16-26)42-14-13-41-31)21-43-29-11-9-27(19-37-35(2,22-38)34(39)40)32(17-29)44-20-25-6-3-5-24(15-25)18-36/h3-12,15-17,37-38H,13-14,19-22H2,1-2H3,(H,39,40). The van der Waals surface area contributed by atoms with Gasteiger partial charge in [0.05, 0.1) is 18.2 Å². The molecule has 0 aliphatic carbocycles. The van der Waals surface area contributed by atoms with E-state index in [1.165, 1.54) is 6.92 Å². The van der Waals surface area contributed by atoms with Gasteiger partial charge < -0.3 is 29.2 Å². The molecule has 0 fully saturated rings. The van der Waals surface area contributed by atoms with E-state index in [1.807, 2.05) is 42.5 Å². The van der Waals surface area contributed by atoms with E-state index in [1.54, 1.807) is 30.3 Å². The summed E-state index contributed by atoms with van der Waals surface area (Å²) in [5.74, 6) is 1.38. The summed E-state index contributed by atoms with van der Waals surface area (Å²) in [5.41, 5.74) is 4.69. The molecule has 0 saturated carbocycles. The van der Waals surface area contributed by atoms with Crippen molar-refractivity contribution >= 4 is 5.97 Å². The number of aliphatic carboxylic acids is 1. The second-order valence-corrected chi connectivity index (χ2v) is 10.8. The molecule has 9 nitrogen and oxygen atoms in total. The molecule has 0 amide bonds. The lowest BCUT2D eigenvalue weighted by Gasteiger charge is -2.24. The van der Waals surface area contributed by atoms with Gasteiger partial charge in [-0.25, -0.2) is 0 Å². The lowest BCUT2D eigenvalue weighted by Crippen LogP contribution is -2.52. The molecule has 1 heterocycles. The third kappa shape index (κ3) is 6.94. The number of benzene rings is 4. The second kappa shape index (κ2) is 13.5. The quantitative estimate of drug-likeness (QED) is 0.198. The third-order valence-electron chi connectivity index (χ3n) is 7.64. The predicted octanol–water partition coefficient (Wildman–Crippen LogP) is 5.39. The molecule has 226 valence electrons. The monoisotopic (exact) mass is 594 g/mol. The minimum atomic E-state index is -1.52. The number of nitrogens with one attached hydrogen (secondary N) is 1. The fourth-order valence-electron chi connectivity index (χ4n) is 4.81. The summed E-state index contributed by atoms with van der Waals surface area (Å²) in [7, 11) is 0. The fourth-order valence-corrected chi connectivity index (χ4v) is 4.81. The van der Waals surface area contributed by atoms with E-state index in [9.17, 15) is 20.3 Å². The molecule has 3 N–H and O–H groups in total. The zero-order valence-electron chi connectivity index (χ0n) is 24.6. The Morgan fingerprint density at radius 1 is 0.955 bits per heavy atom. The van der Waals surface area contributed by atoms with E-state index in [0.717, 1.165) is 39.3 Å². The highest BCUT2D eigenvalue weighted by atomic mass is 16.6. The van der Waals surface area contributed by atoms with Crippen LogP contribution in [0.4, 0.5) is 0 Å². The zero-order chi connectivity index (χ0) is 31.1. The van der Waals surface area contributed by atoms with Crippen molar-refractivity contribution in [2.24, 2.45) is 0 Å². The van der Waals surface area contributed by atoms with Crippen LogP contribution in [0.3, 0.4) is 0 Å². The average molecular weight is 595 g/mol. The predicted molar refractivity (Wildman–Crippen MR) is 164 cm³/mol. The lowest BCUT2D eigenvalue weighted by molar-refractivity contribution is -0.145. The number of nitriles is 1. The first-order valence-corrected chi connectivity index (χ1v) is 14.2. The number of aliphatic hydroxyl groups is 1. The largest absolute Gasteiger partial charge is 0.489 e. The van der Waals surface area contributed by atoms with Crippen LogP contribution in [0, 0.1) is 18.3 Å². The smallest absolute Gasteiger partial charge is 0.326 e. The Bertz CT molecular complexity index is 1700. The Morgan fingerprint density at radius 2 is 1.75 bits per heavy atom. The molecule has 44 heavy (non-hydrogen) atoms. The molecule has 1 aliphatic heterocycles. The normalized spacial score (nSPS) is 13.4. The molecule has 1 atom stereocenters. The first kappa shape index (κ1) is 30.4. The van der Waals surface area contributed by atoms with Crippen LogP contribution in [-0.4, -0.2) is 41.5 Å². The van der Waals surface area contributed by atoms with Gasteiger partial charge >= 0.3 is 5.97 Å². The van der Waals surface area contributed by atoms with Crippen molar-refractivity contribution in [1.82, 2.24) is 5.32 Å². The highest BCUT2D eigenvalue weighted by molar-refractivity contribution is 5.78. The van der Waals surface area contributed by atoms with Gasteiger partial charge in [0.1, 0.15) is 43.5 Å². The number of aliphatic hydroxyl groups excluding tert-OH is 1. The van der Waals surface area contributed by atoms with Gasteiger partial charge in [0.2, 0.25) is 0 Å². The van der Waals surface area contributed by atoms with Crippen molar-refractivity contribution in [3.63, 3.8) is 0 Å². The number of fused-ring (bicyclic) bond motifs is 1. The molecule has 9 heteroatoms. The highest BCUT2D eigenvalue weighted by Gasteiger charge is 2.32. The first-order valence-electron chi connectivity index (χ1n) is 14.2. The number of nitrogens with zero attached hydrogens (tertiary/aromatic N) is 1. The van der Waals surface area contributed by atoms with Crippen LogP contribution >= 0.6 is 0 Å². The minimum Gasteiger partial charge on any atom is -0.489 e. The SMILES string of the molecule is Cc1c(COc2ccc(CNC(C)(CO)C(=O)O)c(OCc3cccc(C#N)c3)c2)cccc1-c1ccc2c(c1)OCCO2. The van der Waals surface area contributed by atoms with Crippen LogP contribution in [0.2, 0.25) is 0 Å². The Kier molecular flexibility index (Phi) is 9.34. The van der Waals surface area contributed by atoms with Crippen LogP contribution in [0.5, 0.6) is 23.0 Å². The molecule has 5 rings (SSSR count). The molecule has 4 aromatic rings. The van der Waals surface area contributed by atoms with Crippen LogP contribution in [0.1, 0.15) is 34.7 Å². The van der Waals surface area contributed by atoms with E-state index in [-0.39, 0.29) is 13.2 Å². The molecular weight excluding hydrogens is 560 g/mol. The van der Waals surface area contributed by atoms with Crippen LogP contribution in [0.25, 0.3) is 11.1 Å². The van der Waals surface area contributed by atoms with Crippen molar-refractivity contribution < 1.29 is 34.0 Å². The maximum atomic E-state index is 11.7. The van der Waals surface area contributed by atoms with Gasteiger partial charge in [-0.3, -0.25) is 10.1 Å². The van der Waals surface area contributed by atoms with Crippen LogP contribution in [0.15, 0.2) is 78.9 Å². The summed E-state index contributed by atoms with van der Waals surface area (Å²) in [6.07, 6.45) is 0. The molecule has 1 unspecified atom stereocenters. The number of ether oxygens (including phenoxy) is 4. The van der Waals surface area contributed by atoms with Crippen molar-refractivity contribution in [3.8, 4) is 40.2 Å². The summed E-state index contributed by atoms with van der Waals surface area (Å²) in [4.78, 5) is 11.7. The van der Waals surface area contributed by atoms with Crippen molar-refractivity contribution in [2.75, 3.05) is 19.8 Å². The number of carboxylic acids is 1. The van der Waals surface area contributed by atoms with Gasteiger partial charge in [-0.1, -0.05) is 42.5 Å². The van der Waals surface area contributed by atoms with Gasteiger partial charge in [0, 0.05) is 18.2 Å². The van der Waals surface area contributed by atoms with Crippen molar-refractivity contribution in [3.05, 3.63) is 107 Å². The first-order chi connectivity index (χ1) is 21.3. The highest BCUT2D eigenvalue weighted by Crippen LogP contribution is 2.36. The van der Waals surface area contributed by atoms with E-state index < -0.39 is 18.1 Å². The van der Waals surface area contributed by atoms with Crippen molar-refractivity contribution in [1.29, 1.82) is 5.26 Å². The Hall–Kier alpha value is -5.04. The van der Waals surface area contributed by atoms with E-state index in [4.69, 9.17) is 18.9 Å². The fraction of sp³-hybridized carbons (Fsp3) is 0.257. The summed E-state index contributed by atoms with van der Waals surface area (Å²) >= 11 is 0. The lowest BCUT2D eigenvalue weighted by atomic mass is 9.96. The molecule has 4 aromatic carbocycles. The molecular formula is C35H34N2O7. The van der Waals surface area contributed by atoms with Gasteiger partial charge in [0.15, 0.2) is 11.5 Å². The summed E-state index contributed by atoms with van der Waals surface area (Å²) in [5, 5.41) is 31.4. The molecule has 0 saturated heterocycles. The van der Waals surface area contributed by atoms with Crippen LogP contribution in [-0.2, 0) is 24.6 Å². The van der Waals surface area contributed by atoms with Gasteiger partial charge in [0.25, 0.3) is 0 Å². The number of rotatable bonds is 12. The minimum absolute atomic E-state index is 0.133. The Labute approximate surface area is 256 Å². The van der Waals surface area contributed by atoms with E-state index >= 15 is 0 Å². The maximum Gasteiger partial charge on any atom is 0.326 e. The van der Waals surface area contributed by atoms with Gasteiger partial charge in [-0.2, -0.15) is 5.26 Å². The van der Waals surface area contributed by atoms with E-state index in [0.29, 0.717) is 42.4 Å². The molecule has 0 bridgehead atoms. The van der Waals surface area contributed by atoms with Gasteiger partial charge in [-0.05, 0) is 72.0 Å². The molecule has 0 radical (unpaired) electrons. The van der Waals surface area contributed by atoms with Crippen LogP contribution < -0.4 is 24.3 Å².